The molecule has 1 N–H and O–H groups in total. The number of aliphatic imine (C=N–C) groups is 1. The number of aryl methyl sites for hydroxylation is 1. The minimum absolute atomic E-state index is 0.376. The van der Waals surface area contributed by atoms with Gasteiger partial charge in [-0.3, -0.25) is 9.98 Å². The van der Waals surface area contributed by atoms with Gasteiger partial charge in [0.25, 0.3) is 0 Å². The standard InChI is InChI=1S/C15H23N3S/c1-11-6-5-7-12(18-11)9-16-14-17-10-13(19-14)8-15(2,3)4/h5-7,13H,8-10H2,1-4H3,(H,16,17). The molecule has 1 aromatic heterocycles. The van der Waals surface area contributed by atoms with Gasteiger partial charge in [0.15, 0.2) is 5.17 Å². The molecule has 0 aliphatic carbocycles. The van der Waals surface area contributed by atoms with Gasteiger partial charge < -0.3 is 5.32 Å². The summed E-state index contributed by atoms with van der Waals surface area (Å²) >= 11 is 1.87. The zero-order valence-corrected chi connectivity index (χ0v) is 13.0. The van der Waals surface area contributed by atoms with Crippen LogP contribution in [0.4, 0.5) is 0 Å². The first-order valence-electron chi connectivity index (χ1n) is 6.80. The summed E-state index contributed by atoms with van der Waals surface area (Å²) in [5.74, 6) is 0. The van der Waals surface area contributed by atoms with Crippen LogP contribution in [0.15, 0.2) is 23.2 Å². The fraction of sp³-hybridized carbons (Fsp3) is 0.600. The Morgan fingerprint density at radius 2 is 2.16 bits per heavy atom. The Labute approximate surface area is 120 Å². The molecule has 3 nitrogen and oxygen atoms in total. The van der Waals surface area contributed by atoms with Crippen LogP contribution in [0.1, 0.15) is 38.6 Å². The van der Waals surface area contributed by atoms with Crippen molar-refractivity contribution in [2.45, 2.75) is 45.9 Å². The third-order valence-corrected chi connectivity index (χ3v) is 4.07. The third kappa shape index (κ3) is 4.86. The van der Waals surface area contributed by atoms with Crippen LogP contribution in [0, 0.1) is 12.3 Å². The van der Waals surface area contributed by atoms with Crippen LogP contribution < -0.4 is 5.32 Å². The predicted molar refractivity (Wildman–Crippen MR) is 83.6 cm³/mol. The van der Waals surface area contributed by atoms with Crippen LogP contribution in [0.25, 0.3) is 0 Å². The van der Waals surface area contributed by atoms with Gasteiger partial charge in [-0.15, -0.1) is 0 Å². The topological polar surface area (TPSA) is 37.3 Å². The number of hydrogen-bond acceptors (Lipinski definition) is 4. The van der Waals surface area contributed by atoms with Crippen LogP contribution >= 0.6 is 11.8 Å². The highest BCUT2D eigenvalue weighted by atomic mass is 32.2. The quantitative estimate of drug-likeness (QED) is 0.920. The van der Waals surface area contributed by atoms with Gasteiger partial charge in [0, 0.05) is 10.9 Å². The normalized spacial score (nSPS) is 19.4. The highest BCUT2D eigenvalue weighted by Crippen LogP contribution is 2.31. The first kappa shape index (κ1) is 14.4. The van der Waals surface area contributed by atoms with Crippen LogP contribution in [0.2, 0.25) is 0 Å². The Morgan fingerprint density at radius 1 is 1.37 bits per heavy atom. The second-order valence-corrected chi connectivity index (χ2v) is 7.56. The van der Waals surface area contributed by atoms with Crippen molar-refractivity contribution >= 4 is 16.9 Å². The molecule has 19 heavy (non-hydrogen) atoms. The molecule has 1 unspecified atom stereocenters. The largest absolute Gasteiger partial charge is 0.359 e. The number of nitrogens with zero attached hydrogens (tertiary/aromatic N) is 2. The van der Waals surface area contributed by atoms with E-state index in [4.69, 9.17) is 0 Å². The second-order valence-electron chi connectivity index (χ2n) is 6.27. The summed E-state index contributed by atoms with van der Waals surface area (Å²) in [6.45, 7) is 10.6. The Balaban J connectivity index is 1.79. The second kappa shape index (κ2) is 5.95. The number of thioether (sulfide) groups is 1. The first-order valence-corrected chi connectivity index (χ1v) is 7.68. The molecule has 0 bridgehead atoms. The van der Waals surface area contributed by atoms with E-state index in [2.05, 4.69) is 36.1 Å². The van der Waals surface area contributed by atoms with Crippen LogP contribution in [-0.2, 0) is 6.54 Å². The lowest BCUT2D eigenvalue weighted by atomic mass is 9.90. The zero-order chi connectivity index (χ0) is 13.9. The van der Waals surface area contributed by atoms with Crippen LogP contribution in [0.3, 0.4) is 0 Å². The SMILES string of the molecule is Cc1cccc(CNC2=NCC(CC(C)(C)C)S2)n1. The number of pyridine rings is 1. The third-order valence-electron chi connectivity index (χ3n) is 2.92. The molecule has 1 aliphatic rings. The molecular formula is C15H23N3S. The fourth-order valence-corrected chi connectivity index (χ4v) is 3.52. The van der Waals surface area contributed by atoms with E-state index in [-0.39, 0.29) is 0 Å². The predicted octanol–water partition coefficient (Wildman–Crippen LogP) is 3.39. The summed E-state index contributed by atoms with van der Waals surface area (Å²) in [5, 5.41) is 5.08. The van der Waals surface area contributed by atoms with E-state index in [0.29, 0.717) is 10.7 Å². The molecule has 0 fully saturated rings. The minimum atomic E-state index is 0.376. The van der Waals surface area contributed by atoms with Gasteiger partial charge in [0.05, 0.1) is 18.8 Å². The van der Waals surface area contributed by atoms with Crippen LogP contribution in [-0.4, -0.2) is 21.9 Å². The summed E-state index contributed by atoms with van der Waals surface area (Å²) in [7, 11) is 0. The fourth-order valence-electron chi connectivity index (χ4n) is 2.17. The summed E-state index contributed by atoms with van der Waals surface area (Å²) in [4.78, 5) is 9.07. The molecule has 0 saturated heterocycles. The average Bonchev–Trinajstić information content (AvgIpc) is 2.72. The molecule has 0 aromatic carbocycles. The monoisotopic (exact) mass is 277 g/mol. The molecule has 0 amide bonds. The number of hydrogen-bond donors (Lipinski definition) is 1. The number of amidine groups is 1. The van der Waals surface area contributed by atoms with Gasteiger partial charge in [0.1, 0.15) is 0 Å². The molecule has 2 heterocycles. The van der Waals surface area contributed by atoms with Crippen molar-refractivity contribution in [1.29, 1.82) is 0 Å². The lowest BCUT2D eigenvalue weighted by Gasteiger charge is -2.21. The van der Waals surface area contributed by atoms with Crippen molar-refractivity contribution in [3.8, 4) is 0 Å². The summed E-state index contributed by atoms with van der Waals surface area (Å²) < 4.78 is 0. The van der Waals surface area contributed by atoms with E-state index in [9.17, 15) is 0 Å². The van der Waals surface area contributed by atoms with Crippen molar-refractivity contribution in [2.24, 2.45) is 10.4 Å². The van der Waals surface area contributed by atoms with E-state index in [1.165, 1.54) is 6.42 Å². The van der Waals surface area contributed by atoms with E-state index in [1.54, 1.807) is 0 Å². The maximum absolute atomic E-state index is 4.58. The van der Waals surface area contributed by atoms with Crippen molar-refractivity contribution in [3.05, 3.63) is 29.6 Å². The molecule has 0 radical (unpaired) electrons. The van der Waals surface area contributed by atoms with E-state index >= 15 is 0 Å². The van der Waals surface area contributed by atoms with Gasteiger partial charge in [-0.05, 0) is 30.9 Å². The molecule has 0 spiro atoms. The van der Waals surface area contributed by atoms with Gasteiger partial charge in [-0.1, -0.05) is 38.6 Å². The number of aromatic nitrogens is 1. The van der Waals surface area contributed by atoms with Gasteiger partial charge in [-0.2, -0.15) is 0 Å². The molecule has 4 heteroatoms. The van der Waals surface area contributed by atoms with E-state index < -0.39 is 0 Å². The van der Waals surface area contributed by atoms with Crippen molar-refractivity contribution in [1.82, 2.24) is 10.3 Å². The van der Waals surface area contributed by atoms with Crippen molar-refractivity contribution in [3.63, 3.8) is 0 Å². The maximum Gasteiger partial charge on any atom is 0.157 e. The molecule has 104 valence electrons. The van der Waals surface area contributed by atoms with E-state index in [1.807, 2.05) is 36.9 Å². The number of rotatable bonds is 3. The Bertz CT molecular complexity index is 463. The summed E-state index contributed by atoms with van der Waals surface area (Å²) in [6.07, 6.45) is 1.20. The minimum Gasteiger partial charge on any atom is -0.359 e. The van der Waals surface area contributed by atoms with Crippen LogP contribution in [0.5, 0.6) is 0 Å². The molecule has 2 rings (SSSR count). The van der Waals surface area contributed by atoms with Gasteiger partial charge >= 0.3 is 0 Å². The van der Waals surface area contributed by atoms with Gasteiger partial charge in [0.2, 0.25) is 0 Å². The lowest BCUT2D eigenvalue weighted by Crippen LogP contribution is -2.21. The molecular weight excluding hydrogens is 254 g/mol. The molecule has 1 aliphatic heterocycles. The highest BCUT2D eigenvalue weighted by Gasteiger charge is 2.24. The van der Waals surface area contributed by atoms with Gasteiger partial charge in [-0.25, -0.2) is 0 Å². The Hall–Kier alpha value is -1.03. The molecule has 0 saturated carbocycles. The molecule has 1 atom stereocenters. The maximum atomic E-state index is 4.58. The Kier molecular flexibility index (Phi) is 4.50. The number of nitrogens with one attached hydrogen (secondary N) is 1. The van der Waals surface area contributed by atoms with Crippen molar-refractivity contribution < 1.29 is 0 Å². The zero-order valence-electron chi connectivity index (χ0n) is 12.2. The molecule has 1 aromatic rings. The lowest BCUT2D eigenvalue weighted by molar-refractivity contribution is 0.375. The van der Waals surface area contributed by atoms with E-state index in [0.717, 1.165) is 29.6 Å². The average molecular weight is 277 g/mol. The summed E-state index contributed by atoms with van der Waals surface area (Å²) in [5.41, 5.74) is 2.51. The first-order chi connectivity index (χ1) is 8.92. The smallest absolute Gasteiger partial charge is 0.157 e. The highest BCUT2D eigenvalue weighted by molar-refractivity contribution is 8.14. The summed E-state index contributed by atoms with van der Waals surface area (Å²) in [6, 6.07) is 6.11. The Morgan fingerprint density at radius 3 is 2.84 bits per heavy atom. The van der Waals surface area contributed by atoms with Crippen molar-refractivity contribution in [2.75, 3.05) is 6.54 Å².